The van der Waals surface area contributed by atoms with Crippen LogP contribution < -0.4 is 10.1 Å². The van der Waals surface area contributed by atoms with Gasteiger partial charge in [-0.05, 0) is 47.2 Å². The van der Waals surface area contributed by atoms with E-state index < -0.39 is 0 Å². The Balaban J connectivity index is 1.40. The predicted molar refractivity (Wildman–Crippen MR) is 99.2 cm³/mol. The second-order valence-corrected chi connectivity index (χ2v) is 5.76. The first-order valence-corrected chi connectivity index (χ1v) is 8.20. The molecule has 128 valence electrons. The second kappa shape index (κ2) is 7.11. The highest BCUT2D eigenvalue weighted by molar-refractivity contribution is 6.02. The smallest absolute Gasteiger partial charge is 0.291 e. The average molecular weight is 344 g/mol. The number of rotatable bonds is 5. The summed E-state index contributed by atoms with van der Waals surface area (Å²) in [6.45, 7) is 0.249. The minimum Gasteiger partial charge on any atom is -0.486 e. The van der Waals surface area contributed by atoms with Crippen molar-refractivity contribution in [2.75, 3.05) is 5.32 Å². The molecular formula is C21H16N2O3. The number of anilines is 1. The zero-order valence-electron chi connectivity index (χ0n) is 13.9. The van der Waals surface area contributed by atoms with Gasteiger partial charge in [-0.2, -0.15) is 0 Å². The first-order valence-electron chi connectivity index (χ1n) is 8.20. The predicted octanol–water partition coefficient (Wildman–Crippen LogP) is 4.66. The fourth-order valence-electron chi connectivity index (χ4n) is 2.62. The molecule has 0 saturated carbocycles. The number of amides is 1. The molecule has 0 bridgehead atoms. The van der Waals surface area contributed by atoms with Crippen LogP contribution in [-0.4, -0.2) is 10.9 Å². The van der Waals surface area contributed by atoms with Crippen LogP contribution >= 0.6 is 0 Å². The second-order valence-electron chi connectivity index (χ2n) is 5.76. The van der Waals surface area contributed by atoms with E-state index in [0.29, 0.717) is 11.4 Å². The molecule has 2 aromatic carbocycles. The lowest BCUT2D eigenvalue weighted by atomic mass is 10.1. The number of carbonyl (C=O) groups is 1. The van der Waals surface area contributed by atoms with Crippen molar-refractivity contribution in [2.45, 2.75) is 6.61 Å². The van der Waals surface area contributed by atoms with E-state index in [0.717, 1.165) is 16.5 Å². The Kier molecular flexibility index (Phi) is 4.35. The maximum atomic E-state index is 12.2. The molecule has 0 fully saturated rings. The van der Waals surface area contributed by atoms with Gasteiger partial charge in [-0.25, -0.2) is 0 Å². The van der Waals surface area contributed by atoms with E-state index in [1.807, 2.05) is 36.4 Å². The van der Waals surface area contributed by atoms with Gasteiger partial charge in [0.05, 0.1) is 11.9 Å². The van der Waals surface area contributed by atoms with Crippen LogP contribution in [-0.2, 0) is 6.61 Å². The Morgan fingerprint density at radius 1 is 1.00 bits per heavy atom. The SMILES string of the molecule is O=C(Nc1cccnc1)c1ccc(COc2ccc3ccccc3c2)o1. The van der Waals surface area contributed by atoms with Crippen LogP contribution in [0.2, 0.25) is 0 Å². The molecule has 4 aromatic rings. The lowest BCUT2D eigenvalue weighted by Crippen LogP contribution is -2.10. The normalized spacial score (nSPS) is 10.6. The number of nitrogens with one attached hydrogen (secondary N) is 1. The van der Waals surface area contributed by atoms with Crippen LogP contribution in [0.1, 0.15) is 16.3 Å². The number of ether oxygens (including phenoxy) is 1. The van der Waals surface area contributed by atoms with Gasteiger partial charge < -0.3 is 14.5 Å². The Labute approximate surface area is 150 Å². The van der Waals surface area contributed by atoms with Crippen molar-refractivity contribution in [3.8, 4) is 5.75 Å². The number of furan rings is 1. The van der Waals surface area contributed by atoms with E-state index in [1.165, 1.54) is 0 Å². The number of hydrogen-bond donors (Lipinski definition) is 1. The average Bonchev–Trinajstić information content (AvgIpc) is 3.16. The number of aromatic nitrogens is 1. The molecule has 5 heteroatoms. The Hall–Kier alpha value is -3.60. The van der Waals surface area contributed by atoms with Crippen molar-refractivity contribution in [2.24, 2.45) is 0 Å². The lowest BCUT2D eigenvalue weighted by molar-refractivity contribution is 0.0992. The molecular weight excluding hydrogens is 328 g/mol. The lowest BCUT2D eigenvalue weighted by Gasteiger charge is -2.06. The molecule has 0 radical (unpaired) electrons. The summed E-state index contributed by atoms with van der Waals surface area (Å²) in [5.74, 6) is 1.23. The third kappa shape index (κ3) is 3.57. The number of carbonyl (C=O) groups excluding carboxylic acids is 1. The van der Waals surface area contributed by atoms with E-state index in [2.05, 4.69) is 16.4 Å². The van der Waals surface area contributed by atoms with Gasteiger partial charge in [0.15, 0.2) is 5.76 Å². The van der Waals surface area contributed by atoms with Gasteiger partial charge in [-0.15, -0.1) is 0 Å². The van der Waals surface area contributed by atoms with Crippen LogP contribution in [0.15, 0.2) is 83.5 Å². The Morgan fingerprint density at radius 3 is 2.73 bits per heavy atom. The van der Waals surface area contributed by atoms with E-state index in [1.54, 1.807) is 36.7 Å². The van der Waals surface area contributed by atoms with Gasteiger partial charge in [-0.3, -0.25) is 9.78 Å². The van der Waals surface area contributed by atoms with Crippen molar-refractivity contribution in [3.63, 3.8) is 0 Å². The highest BCUT2D eigenvalue weighted by Crippen LogP contribution is 2.22. The van der Waals surface area contributed by atoms with E-state index in [9.17, 15) is 4.79 Å². The fraction of sp³-hybridized carbons (Fsp3) is 0.0476. The number of pyridine rings is 1. The molecule has 0 aliphatic rings. The summed E-state index contributed by atoms with van der Waals surface area (Å²) in [6, 6.07) is 20.9. The highest BCUT2D eigenvalue weighted by atomic mass is 16.5. The molecule has 0 atom stereocenters. The van der Waals surface area contributed by atoms with Crippen molar-refractivity contribution >= 4 is 22.4 Å². The highest BCUT2D eigenvalue weighted by Gasteiger charge is 2.12. The van der Waals surface area contributed by atoms with E-state index in [4.69, 9.17) is 9.15 Å². The van der Waals surface area contributed by atoms with E-state index in [-0.39, 0.29) is 18.3 Å². The van der Waals surface area contributed by atoms with Gasteiger partial charge in [0.2, 0.25) is 0 Å². The van der Waals surface area contributed by atoms with Crippen molar-refractivity contribution in [3.05, 3.63) is 90.6 Å². The van der Waals surface area contributed by atoms with Crippen LogP contribution in [0.25, 0.3) is 10.8 Å². The maximum absolute atomic E-state index is 12.2. The number of benzene rings is 2. The van der Waals surface area contributed by atoms with Crippen LogP contribution in [0.4, 0.5) is 5.69 Å². The molecule has 2 aromatic heterocycles. The van der Waals surface area contributed by atoms with Gasteiger partial charge in [0.25, 0.3) is 5.91 Å². The number of nitrogens with zero attached hydrogens (tertiary/aromatic N) is 1. The summed E-state index contributed by atoms with van der Waals surface area (Å²) >= 11 is 0. The summed E-state index contributed by atoms with van der Waals surface area (Å²) in [6.07, 6.45) is 3.22. The van der Waals surface area contributed by atoms with E-state index >= 15 is 0 Å². The molecule has 5 nitrogen and oxygen atoms in total. The van der Waals surface area contributed by atoms with Gasteiger partial charge >= 0.3 is 0 Å². The monoisotopic (exact) mass is 344 g/mol. The molecule has 26 heavy (non-hydrogen) atoms. The van der Waals surface area contributed by atoms with Crippen molar-refractivity contribution in [1.29, 1.82) is 0 Å². The minimum atomic E-state index is -0.324. The largest absolute Gasteiger partial charge is 0.486 e. The zero-order chi connectivity index (χ0) is 17.8. The molecule has 1 amide bonds. The summed E-state index contributed by atoms with van der Waals surface area (Å²) in [4.78, 5) is 16.1. The quantitative estimate of drug-likeness (QED) is 0.572. The van der Waals surface area contributed by atoms with Gasteiger partial charge in [0, 0.05) is 6.20 Å². The van der Waals surface area contributed by atoms with Gasteiger partial charge in [-0.1, -0.05) is 30.3 Å². The van der Waals surface area contributed by atoms with Crippen LogP contribution in [0.5, 0.6) is 5.75 Å². The fourth-order valence-corrected chi connectivity index (χ4v) is 2.62. The number of fused-ring (bicyclic) bond motifs is 1. The van der Waals surface area contributed by atoms with Crippen LogP contribution in [0, 0.1) is 0 Å². The molecule has 0 spiro atoms. The summed E-state index contributed by atoms with van der Waals surface area (Å²) in [7, 11) is 0. The van der Waals surface area contributed by atoms with Crippen molar-refractivity contribution in [1.82, 2.24) is 4.98 Å². The molecule has 0 unspecified atom stereocenters. The first-order chi connectivity index (χ1) is 12.8. The third-order valence-corrected chi connectivity index (χ3v) is 3.91. The molecule has 0 saturated heterocycles. The Morgan fingerprint density at radius 2 is 1.88 bits per heavy atom. The minimum absolute atomic E-state index is 0.228. The first kappa shape index (κ1) is 15.9. The number of hydrogen-bond acceptors (Lipinski definition) is 4. The summed E-state index contributed by atoms with van der Waals surface area (Å²) in [5.41, 5.74) is 0.614. The zero-order valence-corrected chi connectivity index (χ0v) is 13.9. The molecule has 0 aliphatic heterocycles. The molecule has 2 heterocycles. The molecule has 1 N–H and O–H groups in total. The molecule has 0 aliphatic carbocycles. The van der Waals surface area contributed by atoms with Crippen LogP contribution in [0.3, 0.4) is 0 Å². The standard InChI is InChI=1S/C21H16N2O3/c24-21(23-17-6-3-11-22-13-17)20-10-9-19(26-20)14-25-18-8-7-15-4-1-2-5-16(15)12-18/h1-13H,14H2,(H,23,24). The maximum Gasteiger partial charge on any atom is 0.291 e. The summed E-state index contributed by atoms with van der Waals surface area (Å²) in [5, 5.41) is 5.00. The Bertz CT molecular complexity index is 1040. The van der Waals surface area contributed by atoms with Crippen molar-refractivity contribution < 1.29 is 13.9 Å². The summed E-state index contributed by atoms with van der Waals surface area (Å²) < 4.78 is 11.3. The van der Waals surface area contributed by atoms with Gasteiger partial charge in [0.1, 0.15) is 18.1 Å². The third-order valence-electron chi connectivity index (χ3n) is 3.91. The molecule has 4 rings (SSSR count). The topological polar surface area (TPSA) is 64.4 Å².